The van der Waals surface area contributed by atoms with Gasteiger partial charge in [-0.05, 0) is 6.42 Å². The van der Waals surface area contributed by atoms with Crippen molar-refractivity contribution in [1.29, 1.82) is 0 Å². The fourth-order valence-electron chi connectivity index (χ4n) is 1.36. The molecule has 1 unspecified atom stereocenters. The fourth-order valence-corrected chi connectivity index (χ4v) is 1.57. The molecule has 0 spiro atoms. The van der Waals surface area contributed by atoms with Crippen LogP contribution in [0, 0.1) is 5.92 Å². The van der Waals surface area contributed by atoms with Crippen molar-refractivity contribution < 1.29 is 18.0 Å². The number of carbonyl (C=O) groups is 1. The molecule has 16 heavy (non-hydrogen) atoms. The third-order valence-electron chi connectivity index (χ3n) is 2.17. The summed E-state index contributed by atoms with van der Waals surface area (Å²) < 4.78 is 37.7. The summed E-state index contributed by atoms with van der Waals surface area (Å²) in [7, 11) is 0. The van der Waals surface area contributed by atoms with E-state index in [0.29, 0.717) is 0 Å². The molecule has 1 rings (SSSR count). The van der Waals surface area contributed by atoms with E-state index in [4.69, 9.17) is 11.6 Å². The molecule has 0 heterocycles. The van der Waals surface area contributed by atoms with Crippen molar-refractivity contribution in [2.75, 3.05) is 5.88 Å². The van der Waals surface area contributed by atoms with Crippen LogP contribution in [0.4, 0.5) is 13.2 Å². The second kappa shape index (κ2) is 5.34. The highest BCUT2D eigenvalue weighted by Gasteiger charge is 2.44. The first-order chi connectivity index (χ1) is 7.46. The van der Waals surface area contributed by atoms with Gasteiger partial charge in [0.25, 0.3) is 0 Å². The van der Waals surface area contributed by atoms with Crippen molar-refractivity contribution in [3.05, 3.63) is 35.9 Å². The van der Waals surface area contributed by atoms with Crippen LogP contribution >= 0.6 is 11.6 Å². The summed E-state index contributed by atoms with van der Waals surface area (Å²) in [5.41, 5.74) is 0.0648. The number of halogens is 4. The molecule has 0 saturated carbocycles. The number of benzene rings is 1. The average Bonchev–Trinajstić information content (AvgIpc) is 2.25. The van der Waals surface area contributed by atoms with Crippen molar-refractivity contribution >= 4 is 17.4 Å². The molecule has 0 aliphatic rings. The number of Topliss-reactive ketones (excluding diaryl/α,β-unsaturated/α-hetero) is 1. The van der Waals surface area contributed by atoms with Crippen LogP contribution in [0.25, 0.3) is 0 Å². The number of hydrogen-bond acceptors (Lipinski definition) is 1. The van der Waals surface area contributed by atoms with Gasteiger partial charge in [0.2, 0.25) is 0 Å². The Bertz CT molecular complexity index is 348. The van der Waals surface area contributed by atoms with E-state index < -0.39 is 24.3 Å². The van der Waals surface area contributed by atoms with E-state index in [2.05, 4.69) is 0 Å². The van der Waals surface area contributed by atoms with Crippen LogP contribution in [0.2, 0.25) is 0 Å². The van der Waals surface area contributed by atoms with Gasteiger partial charge >= 0.3 is 6.18 Å². The summed E-state index contributed by atoms with van der Waals surface area (Å²) in [5, 5.41) is 0. The molecular weight excluding hydrogens is 241 g/mol. The van der Waals surface area contributed by atoms with Gasteiger partial charge in [-0.1, -0.05) is 30.3 Å². The minimum Gasteiger partial charge on any atom is -0.294 e. The maximum atomic E-state index is 12.6. The van der Waals surface area contributed by atoms with Crippen molar-refractivity contribution in [2.24, 2.45) is 5.92 Å². The summed E-state index contributed by atoms with van der Waals surface area (Å²) in [4.78, 5) is 11.6. The number of carbonyl (C=O) groups excluding carboxylic acids is 1. The van der Waals surface area contributed by atoms with Crippen molar-refractivity contribution in [1.82, 2.24) is 0 Å². The highest BCUT2D eigenvalue weighted by molar-refractivity contribution is 6.18. The number of ketones is 1. The van der Waals surface area contributed by atoms with Gasteiger partial charge < -0.3 is 0 Å². The minimum absolute atomic E-state index is 0.0648. The Kier molecular flexibility index (Phi) is 4.35. The van der Waals surface area contributed by atoms with Gasteiger partial charge in [-0.25, -0.2) is 0 Å². The molecule has 0 amide bonds. The van der Waals surface area contributed by atoms with Gasteiger partial charge in [0.15, 0.2) is 5.78 Å². The standard InChI is InChI=1S/C11H10ClF3O/c12-7-6-9(11(13,14)15)10(16)8-4-2-1-3-5-8/h1-5,9H,6-7H2. The SMILES string of the molecule is O=C(c1ccccc1)C(CCCl)C(F)(F)F. The molecule has 0 aliphatic carbocycles. The van der Waals surface area contributed by atoms with Crippen LogP contribution in [-0.4, -0.2) is 17.8 Å². The number of hydrogen-bond donors (Lipinski definition) is 0. The van der Waals surface area contributed by atoms with E-state index >= 15 is 0 Å². The second-order valence-electron chi connectivity index (χ2n) is 3.30. The molecule has 0 bridgehead atoms. The zero-order valence-corrected chi connectivity index (χ0v) is 9.05. The predicted molar refractivity (Wildman–Crippen MR) is 55.7 cm³/mol. The first kappa shape index (κ1) is 13.0. The van der Waals surface area contributed by atoms with E-state index in [1.54, 1.807) is 6.07 Å². The Morgan fingerprint density at radius 2 is 1.81 bits per heavy atom. The summed E-state index contributed by atoms with van der Waals surface area (Å²) in [5.74, 6) is -3.12. The van der Waals surface area contributed by atoms with Gasteiger partial charge in [-0.15, -0.1) is 11.6 Å². The smallest absolute Gasteiger partial charge is 0.294 e. The maximum absolute atomic E-state index is 12.6. The molecule has 0 aromatic heterocycles. The molecule has 1 nitrogen and oxygen atoms in total. The van der Waals surface area contributed by atoms with Gasteiger partial charge in [0.1, 0.15) is 5.92 Å². The summed E-state index contributed by atoms with van der Waals surface area (Å²) in [6.07, 6.45) is -4.93. The van der Waals surface area contributed by atoms with Crippen LogP contribution in [-0.2, 0) is 0 Å². The molecule has 5 heteroatoms. The molecule has 1 aromatic carbocycles. The third kappa shape index (κ3) is 3.23. The third-order valence-corrected chi connectivity index (χ3v) is 2.39. The number of alkyl halides is 4. The maximum Gasteiger partial charge on any atom is 0.399 e. The molecule has 1 atom stereocenters. The predicted octanol–water partition coefficient (Wildman–Crippen LogP) is 3.68. The molecule has 88 valence electrons. The Hall–Kier alpha value is -1.03. The van der Waals surface area contributed by atoms with Gasteiger partial charge in [-0.2, -0.15) is 13.2 Å². The lowest BCUT2D eigenvalue weighted by atomic mass is 9.95. The van der Waals surface area contributed by atoms with Crippen LogP contribution in [0.3, 0.4) is 0 Å². The topological polar surface area (TPSA) is 17.1 Å². The molecule has 0 saturated heterocycles. The molecule has 0 radical (unpaired) electrons. The van der Waals surface area contributed by atoms with Crippen LogP contribution in [0.5, 0.6) is 0 Å². The normalized spacial score (nSPS) is 13.5. The van der Waals surface area contributed by atoms with E-state index in [-0.39, 0.29) is 11.4 Å². The summed E-state index contributed by atoms with van der Waals surface area (Å²) >= 11 is 5.28. The molecule has 1 aromatic rings. The Morgan fingerprint density at radius 1 is 1.25 bits per heavy atom. The van der Waals surface area contributed by atoms with E-state index in [9.17, 15) is 18.0 Å². The Morgan fingerprint density at radius 3 is 2.25 bits per heavy atom. The number of rotatable bonds is 4. The lowest BCUT2D eigenvalue weighted by Gasteiger charge is -2.17. The van der Waals surface area contributed by atoms with Gasteiger partial charge in [-0.3, -0.25) is 4.79 Å². The molecule has 0 aliphatic heterocycles. The Balaban J connectivity index is 2.92. The zero-order chi connectivity index (χ0) is 12.2. The van der Waals surface area contributed by atoms with Gasteiger partial charge in [0.05, 0.1) is 0 Å². The lowest BCUT2D eigenvalue weighted by molar-refractivity contribution is -0.160. The highest BCUT2D eigenvalue weighted by Crippen LogP contribution is 2.31. The van der Waals surface area contributed by atoms with E-state index in [1.807, 2.05) is 0 Å². The van der Waals surface area contributed by atoms with Crippen molar-refractivity contribution in [3.8, 4) is 0 Å². The van der Waals surface area contributed by atoms with Crippen LogP contribution in [0.1, 0.15) is 16.8 Å². The van der Waals surface area contributed by atoms with Crippen LogP contribution < -0.4 is 0 Å². The lowest BCUT2D eigenvalue weighted by Crippen LogP contribution is -2.31. The van der Waals surface area contributed by atoms with Gasteiger partial charge in [0, 0.05) is 11.4 Å². The largest absolute Gasteiger partial charge is 0.399 e. The monoisotopic (exact) mass is 250 g/mol. The Labute approximate surface area is 96.2 Å². The molecular formula is C11H10ClF3O. The minimum atomic E-state index is -4.54. The van der Waals surface area contributed by atoms with E-state index in [1.165, 1.54) is 24.3 Å². The van der Waals surface area contributed by atoms with Crippen LogP contribution in [0.15, 0.2) is 30.3 Å². The second-order valence-corrected chi connectivity index (χ2v) is 3.68. The van der Waals surface area contributed by atoms with Crippen molar-refractivity contribution in [3.63, 3.8) is 0 Å². The molecule has 0 N–H and O–H groups in total. The molecule has 0 fully saturated rings. The first-order valence-corrected chi connectivity index (χ1v) is 5.22. The van der Waals surface area contributed by atoms with E-state index in [0.717, 1.165) is 0 Å². The highest BCUT2D eigenvalue weighted by atomic mass is 35.5. The zero-order valence-electron chi connectivity index (χ0n) is 8.30. The van der Waals surface area contributed by atoms with Crippen molar-refractivity contribution in [2.45, 2.75) is 12.6 Å². The quantitative estimate of drug-likeness (QED) is 0.589. The summed E-state index contributed by atoms with van der Waals surface area (Å²) in [6.45, 7) is 0. The summed E-state index contributed by atoms with van der Waals surface area (Å²) in [6, 6.07) is 7.44. The average molecular weight is 251 g/mol. The fraction of sp³-hybridized carbons (Fsp3) is 0.364. The first-order valence-electron chi connectivity index (χ1n) is 4.68.